The van der Waals surface area contributed by atoms with Crippen LogP contribution in [0, 0.1) is 17.8 Å². The molecule has 21 heavy (non-hydrogen) atoms. The summed E-state index contributed by atoms with van der Waals surface area (Å²) in [6, 6.07) is 4.37. The third-order valence-electron chi connectivity index (χ3n) is 4.90. The summed E-state index contributed by atoms with van der Waals surface area (Å²) in [4.78, 5) is 23.0. The van der Waals surface area contributed by atoms with Crippen molar-refractivity contribution in [3.05, 3.63) is 23.8 Å². The molecule has 1 aromatic rings. The number of benzene rings is 1. The van der Waals surface area contributed by atoms with Gasteiger partial charge in [0.05, 0.1) is 16.9 Å². The zero-order valence-electron chi connectivity index (χ0n) is 11.8. The highest BCUT2D eigenvalue weighted by Crippen LogP contribution is 2.49. The standard InChI is InChI=1S/C16H20N2O3/c17-13-7-11(16(20)21)3-4-14(13)18-15(19)8-12-6-9-1-2-10(12)5-9/h3-4,7,9-10,12H,1-2,5-6,8,17H2,(H,18,19)(H,20,21). The average Bonchev–Trinajstić information content (AvgIpc) is 3.03. The quantitative estimate of drug-likeness (QED) is 0.743. The van der Waals surface area contributed by atoms with Gasteiger partial charge in [0, 0.05) is 6.42 Å². The fraction of sp³-hybridized carbons (Fsp3) is 0.500. The van der Waals surface area contributed by atoms with E-state index in [-0.39, 0.29) is 17.2 Å². The molecule has 5 nitrogen and oxygen atoms in total. The second kappa shape index (κ2) is 5.39. The normalized spacial score (nSPS) is 26.8. The first-order chi connectivity index (χ1) is 10.0. The molecule has 4 N–H and O–H groups in total. The molecular formula is C16H20N2O3. The Hall–Kier alpha value is -2.04. The van der Waals surface area contributed by atoms with Crippen molar-refractivity contribution in [3.8, 4) is 0 Å². The Morgan fingerprint density at radius 1 is 1.29 bits per heavy atom. The molecule has 2 saturated carbocycles. The van der Waals surface area contributed by atoms with Crippen LogP contribution in [0.3, 0.4) is 0 Å². The maximum atomic E-state index is 12.1. The molecule has 0 aromatic heterocycles. The molecule has 5 heteroatoms. The lowest BCUT2D eigenvalue weighted by Gasteiger charge is -2.21. The summed E-state index contributed by atoms with van der Waals surface area (Å²) in [5.74, 6) is 0.993. The number of aromatic carboxylic acids is 1. The Kier molecular flexibility index (Phi) is 3.57. The van der Waals surface area contributed by atoms with E-state index < -0.39 is 5.97 Å². The van der Waals surface area contributed by atoms with Gasteiger partial charge in [-0.05, 0) is 55.2 Å². The van der Waals surface area contributed by atoms with Crippen LogP contribution in [0.25, 0.3) is 0 Å². The summed E-state index contributed by atoms with van der Waals surface area (Å²) in [5.41, 5.74) is 6.70. The molecule has 1 amide bonds. The molecular weight excluding hydrogens is 268 g/mol. The molecule has 0 aliphatic heterocycles. The lowest BCUT2D eigenvalue weighted by atomic mass is 9.86. The Balaban J connectivity index is 1.61. The number of fused-ring (bicyclic) bond motifs is 2. The number of carbonyl (C=O) groups is 2. The Labute approximate surface area is 123 Å². The first-order valence-corrected chi connectivity index (χ1v) is 7.45. The first kappa shape index (κ1) is 13.9. The van der Waals surface area contributed by atoms with Gasteiger partial charge in [-0.2, -0.15) is 0 Å². The lowest BCUT2D eigenvalue weighted by Crippen LogP contribution is -2.20. The molecule has 3 atom stereocenters. The number of hydrogen-bond donors (Lipinski definition) is 3. The fourth-order valence-electron chi connectivity index (χ4n) is 3.88. The number of anilines is 2. The predicted molar refractivity (Wildman–Crippen MR) is 80.0 cm³/mol. The maximum Gasteiger partial charge on any atom is 0.335 e. The van der Waals surface area contributed by atoms with E-state index in [1.54, 1.807) is 6.07 Å². The van der Waals surface area contributed by atoms with E-state index in [4.69, 9.17) is 10.8 Å². The van der Waals surface area contributed by atoms with Gasteiger partial charge in [-0.25, -0.2) is 4.79 Å². The number of nitrogens with one attached hydrogen (secondary N) is 1. The average molecular weight is 288 g/mol. The van der Waals surface area contributed by atoms with Crippen LogP contribution in [0.15, 0.2) is 18.2 Å². The minimum atomic E-state index is -1.03. The highest BCUT2D eigenvalue weighted by atomic mass is 16.4. The number of hydrogen-bond acceptors (Lipinski definition) is 3. The number of nitrogens with two attached hydrogens (primary N) is 1. The van der Waals surface area contributed by atoms with Crippen LogP contribution in [0.1, 0.15) is 42.5 Å². The van der Waals surface area contributed by atoms with Crippen molar-refractivity contribution in [2.45, 2.75) is 32.1 Å². The van der Waals surface area contributed by atoms with E-state index in [0.29, 0.717) is 23.9 Å². The van der Waals surface area contributed by atoms with E-state index in [1.807, 2.05) is 0 Å². The molecule has 2 aliphatic rings. The van der Waals surface area contributed by atoms with Crippen molar-refractivity contribution >= 4 is 23.3 Å². The smallest absolute Gasteiger partial charge is 0.335 e. The van der Waals surface area contributed by atoms with Gasteiger partial charge in [-0.1, -0.05) is 6.42 Å². The van der Waals surface area contributed by atoms with Crippen LogP contribution in [0.5, 0.6) is 0 Å². The second-order valence-electron chi connectivity index (χ2n) is 6.29. The largest absolute Gasteiger partial charge is 0.478 e. The summed E-state index contributed by atoms with van der Waals surface area (Å²) >= 11 is 0. The predicted octanol–water partition coefficient (Wildman–Crippen LogP) is 2.73. The van der Waals surface area contributed by atoms with Gasteiger partial charge in [0.25, 0.3) is 0 Å². The van der Waals surface area contributed by atoms with E-state index >= 15 is 0 Å². The molecule has 2 aliphatic carbocycles. The van der Waals surface area contributed by atoms with Crippen LogP contribution in [-0.4, -0.2) is 17.0 Å². The van der Waals surface area contributed by atoms with Gasteiger partial charge < -0.3 is 16.2 Å². The monoisotopic (exact) mass is 288 g/mol. The Bertz CT molecular complexity index is 585. The highest BCUT2D eigenvalue weighted by Gasteiger charge is 2.40. The number of carboxylic acids is 1. The number of carbonyl (C=O) groups excluding carboxylic acids is 1. The van der Waals surface area contributed by atoms with Crippen molar-refractivity contribution < 1.29 is 14.7 Å². The van der Waals surface area contributed by atoms with Crippen LogP contribution in [0.4, 0.5) is 11.4 Å². The van der Waals surface area contributed by atoms with Crippen molar-refractivity contribution in [2.75, 3.05) is 11.1 Å². The Morgan fingerprint density at radius 2 is 2.10 bits per heavy atom. The molecule has 2 fully saturated rings. The Morgan fingerprint density at radius 3 is 2.67 bits per heavy atom. The van der Waals surface area contributed by atoms with Gasteiger partial charge in [-0.15, -0.1) is 0 Å². The number of amides is 1. The zero-order chi connectivity index (χ0) is 15.0. The second-order valence-corrected chi connectivity index (χ2v) is 6.29. The van der Waals surface area contributed by atoms with Crippen molar-refractivity contribution in [1.29, 1.82) is 0 Å². The SMILES string of the molecule is Nc1cc(C(=O)O)ccc1NC(=O)CC1CC2CCC1C2. The highest BCUT2D eigenvalue weighted by molar-refractivity contribution is 5.96. The molecule has 112 valence electrons. The molecule has 2 bridgehead atoms. The van der Waals surface area contributed by atoms with Crippen LogP contribution < -0.4 is 11.1 Å². The summed E-state index contributed by atoms with van der Waals surface area (Å²) in [6.07, 6.45) is 5.59. The topological polar surface area (TPSA) is 92.4 Å². The third-order valence-corrected chi connectivity index (χ3v) is 4.90. The number of nitrogen functional groups attached to an aromatic ring is 1. The summed E-state index contributed by atoms with van der Waals surface area (Å²) in [6.45, 7) is 0. The minimum absolute atomic E-state index is 0.0256. The van der Waals surface area contributed by atoms with Gasteiger partial charge in [0.15, 0.2) is 0 Å². The molecule has 0 spiro atoms. The van der Waals surface area contributed by atoms with Crippen LogP contribution in [-0.2, 0) is 4.79 Å². The molecule has 0 saturated heterocycles. The third kappa shape index (κ3) is 2.86. The van der Waals surface area contributed by atoms with E-state index in [1.165, 1.54) is 37.8 Å². The number of carboxylic acid groups (broad SMARTS) is 1. The molecule has 0 radical (unpaired) electrons. The maximum absolute atomic E-state index is 12.1. The van der Waals surface area contributed by atoms with Gasteiger partial charge >= 0.3 is 5.97 Å². The van der Waals surface area contributed by atoms with E-state index in [9.17, 15) is 9.59 Å². The van der Waals surface area contributed by atoms with Crippen molar-refractivity contribution in [2.24, 2.45) is 17.8 Å². The van der Waals surface area contributed by atoms with E-state index in [0.717, 1.165) is 5.92 Å². The van der Waals surface area contributed by atoms with Gasteiger partial charge in [-0.3, -0.25) is 4.79 Å². The summed E-state index contributed by atoms with van der Waals surface area (Å²) in [7, 11) is 0. The minimum Gasteiger partial charge on any atom is -0.478 e. The van der Waals surface area contributed by atoms with Crippen LogP contribution >= 0.6 is 0 Å². The summed E-state index contributed by atoms with van der Waals surface area (Å²) in [5, 5.41) is 11.7. The first-order valence-electron chi connectivity index (χ1n) is 7.45. The molecule has 1 aromatic carbocycles. The van der Waals surface area contributed by atoms with E-state index in [2.05, 4.69) is 5.32 Å². The fourth-order valence-corrected chi connectivity index (χ4v) is 3.88. The molecule has 3 unspecified atom stereocenters. The zero-order valence-corrected chi connectivity index (χ0v) is 11.8. The summed E-state index contributed by atoms with van der Waals surface area (Å²) < 4.78 is 0. The molecule has 3 rings (SSSR count). The number of rotatable bonds is 4. The van der Waals surface area contributed by atoms with Gasteiger partial charge in [0.2, 0.25) is 5.91 Å². The van der Waals surface area contributed by atoms with Crippen molar-refractivity contribution in [1.82, 2.24) is 0 Å². The van der Waals surface area contributed by atoms with Crippen molar-refractivity contribution in [3.63, 3.8) is 0 Å². The van der Waals surface area contributed by atoms with Crippen LogP contribution in [0.2, 0.25) is 0 Å². The van der Waals surface area contributed by atoms with Gasteiger partial charge in [0.1, 0.15) is 0 Å². The molecule has 0 heterocycles. The lowest BCUT2D eigenvalue weighted by molar-refractivity contribution is -0.117.